The van der Waals surface area contributed by atoms with Crippen LogP contribution in [0.15, 0.2) is 12.4 Å². The highest BCUT2D eigenvalue weighted by Crippen LogP contribution is 2.26. The van der Waals surface area contributed by atoms with Gasteiger partial charge in [0.25, 0.3) is 0 Å². The number of hydrogen-bond donors (Lipinski definition) is 1. The second kappa shape index (κ2) is 4.10. The van der Waals surface area contributed by atoms with E-state index in [0.717, 1.165) is 4.57 Å². The lowest BCUT2D eigenvalue weighted by atomic mass is 9.91. The number of hydrogen-bond acceptors (Lipinski definition) is 3. The van der Waals surface area contributed by atoms with Gasteiger partial charge in [0.05, 0.1) is 12.1 Å². The summed E-state index contributed by atoms with van der Waals surface area (Å²) in [4.78, 5) is 5.80. The molecule has 0 amide bonds. The number of aliphatic hydroxyl groups is 1. The normalized spacial score (nSPS) is 20.1. The van der Waals surface area contributed by atoms with Gasteiger partial charge in [0, 0.05) is 25.5 Å². The van der Waals surface area contributed by atoms with Crippen molar-refractivity contribution in [3.63, 3.8) is 0 Å². The van der Waals surface area contributed by atoms with E-state index < -0.39 is 12.2 Å². The Labute approximate surface area is 92.5 Å². The number of nitrogens with zero attached hydrogens (tertiary/aromatic N) is 3. The molecule has 4 nitrogen and oxygen atoms in total. The monoisotopic (exact) mass is 231 g/mol. The number of imidazole rings is 1. The Morgan fingerprint density at radius 1 is 1.56 bits per heavy atom. The zero-order valence-electron chi connectivity index (χ0n) is 9.11. The third-order valence-electron chi connectivity index (χ3n) is 3.02. The van der Waals surface area contributed by atoms with E-state index in [4.69, 9.17) is 0 Å². The third kappa shape index (κ3) is 2.08. The van der Waals surface area contributed by atoms with Crippen molar-refractivity contribution in [1.29, 1.82) is 0 Å². The summed E-state index contributed by atoms with van der Waals surface area (Å²) in [6.45, 7) is 0.778. The van der Waals surface area contributed by atoms with Gasteiger partial charge >= 0.3 is 6.55 Å². The molecule has 90 valence electrons. The van der Waals surface area contributed by atoms with Crippen LogP contribution in [0.25, 0.3) is 0 Å². The maximum Gasteiger partial charge on any atom is 0.319 e. The van der Waals surface area contributed by atoms with Crippen LogP contribution in [0, 0.1) is 0 Å². The molecule has 1 N–H and O–H groups in total. The van der Waals surface area contributed by atoms with Gasteiger partial charge in [-0.25, -0.2) is 4.98 Å². The van der Waals surface area contributed by atoms with E-state index in [1.807, 2.05) is 11.8 Å². The van der Waals surface area contributed by atoms with Gasteiger partial charge in [-0.1, -0.05) is 6.92 Å². The number of aromatic nitrogens is 2. The average molecular weight is 231 g/mol. The largest absolute Gasteiger partial charge is 0.387 e. The molecule has 1 aliphatic heterocycles. The van der Waals surface area contributed by atoms with Gasteiger partial charge in [0.2, 0.25) is 0 Å². The molecule has 1 aliphatic rings. The Morgan fingerprint density at radius 2 is 2.25 bits per heavy atom. The highest BCUT2D eigenvalue weighted by atomic mass is 19.3. The first-order chi connectivity index (χ1) is 7.54. The van der Waals surface area contributed by atoms with E-state index >= 15 is 0 Å². The van der Waals surface area contributed by atoms with Crippen LogP contribution in [0.5, 0.6) is 0 Å². The van der Waals surface area contributed by atoms with Crippen molar-refractivity contribution in [2.45, 2.75) is 32.0 Å². The molecular formula is C10H15F2N3O. The molecule has 1 fully saturated rings. The molecular weight excluding hydrogens is 216 g/mol. The molecule has 2 heterocycles. The molecule has 6 heteroatoms. The fourth-order valence-electron chi connectivity index (χ4n) is 1.97. The molecule has 0 bridgehead atoms. The number of rotatable bonds is 4. The Bertz CT molecular complexity index is 361. The highest BCUT2D eigenvalue weighted by Gasteiger charge is 2.39. The van der Waals surface area contributed by atoms with Gasteiger partial charge in [-0.3, -0.25) is 9.47 Å². The zero-order valence-corrected chi connectivity index (χ0v) is 9.11. The molecule has 2 rings (SSSR count). The van der Waals surface area contributed by atoms with E-state index in [1.165, 1.54) is 12.4 Å². The Morgan fingerprint density at radius 3 is 2.81 bits per heavy atom. The summed E-state index contributed by atoms with van der Waals surface area (Å²) in [7, 11) is 0. The summed E-state index contributed by atoms with van der Waals surface area (Å²) < 4.78 is 25.9. The Balaban J connectivity index is 1.94. The summed E-state index contributed by atoms with van der Waals surface area (Å²) in [5.74, 6) is 0.341. The average Bonchev–Trinajstić information content (AvgIpc) is 2.63. The third-order valence-corrected chi connectivity index (χ3v) is 3.02. The maximum absolute atomic E-state index is 12.5. The van der Waals surface area contributed by atoms with Crippen LogP contribution in [0.1, 0.15) is 25.7 Å². The Hall–Kier alpha value is -1.01. The lowest BCUT2D eigenvalue weighted by Gasteiger charge is -2.45. The molecule has 0 aromatic carbocycles. The van der Waals surface area contributed by atoms with Crippen LogP contribution in [0.3, 0.4) is 0 Å². The summed E-state index contributed by atoms with van der Waals surface area (Å²) in [5.41, 5.74) is -0.637. The van der Waals surface area contributed by atoms with E-state index in [1.54, 1.807) is 0 Å². The van der Waals surface area contributed by atoms with Crippen molar-refractivity contribution in [3.8, 4) is 0 Å². The molecule has 0 aliphatic carbocycles. The van der Waals surface area contributed by atoms with E-state index in [0.29, 0.717) is 31.9 Å². The molecule has 1 saturated heterocycles. The van der Waals surface area contributed by atoms with E-state index in [9.17, 15) is 13.9 Å². The molecule has 0 spiro atoms. The van der Waals surface area contributed by atoms with Gasteiger partial charge < -0.3 is 5.11 Å². The highest BCUT2D eigenvalue weighted by molar-refractivity contribution is 4.99. The number of likely N-dealkylation sites (tertiary alicyclic amines) is 1. The summed E-state index contributed by atoms with van der Waals surface area (Å²) in [6.07, 6.45) is 3.33. The predicted molar refractivity (Wildman–Crippen MR) is 54.0 cm³/mol. The first-order valence-electron chi connectivity index (χ1n) is 5.29. The minimum absolute atomic E-state index is 0.341. The number of halogens is 2. The van der Waals surface area contributed by atoms with Crippen LogP contribution < -0.4 is 0 Å². The quantitative estimate of drug-likeness (QED) is 0.847. The topological polar surface area (TPSA) is 41.3 Å². The van der Waals surface area contributed by atoms with Crippen molar-refractivity contribution >= 4 is 0 Å². The molecule has 0 radical (unpaired) electrons. The summed E-state index contributed by atoms with van der Waals surface area (Å²) in [5, 5.41) is 9.78. The van der Waals surface area contributed by atoms with Crippen LogP contribution >= 0.6 is 0 Å². The fraction of sp³-hybridized carbons (Fsp3) is 0.700. The second-order valence-electron chi connectivity index (χ2n) is 4.25. The molecule has 0 atom stereocenters. The fourth-order valence-corrected chi connectivity index (χ4v) is 1.97. The van der Waals surface area contributed by atoms with Gasteiger partial charge in [0.1, 0.15) is 5.82 Å². The van der Waals surface area contributed by atoms with Gasteiger partial charge in [-0.15, -0.1) is 0 Å². The number of β-amino-alcohol motifs (C(OH)–C–C–N with tert-alkyl or cyclic N) is 1. The van der Waals surface area contributed by atoms with Crippen molar-refractivity contribution in [2.75, 3.05) is 13.1 Å². The van der Waals surface area contributed by atoms with Crippen molar-refractivity contribution in [1.82, 2.24) is 14.5 Å². The van der Waals surface area contributed by atoms with E-state index in [2.05, 4.69) is 4.98 Å². The summed E-state index contributed by atoms with van der Waals surface area (Å²) >= 11 is 0. The van der Waals surface area contributed by atoms with Crippen molar-refractivity contribution < 1.29 is 13.9 Å². The lowest BCUT2D eigenvalue weighted by Crippen LogP contribution is -2.60. The predicted octanol–water partition coefficient (Wildman–Crippen LogP) is 1.23. The smallest absolute Gasteiger partial charge is 0.319 e. The zero-order chi connectivity index (χ0) is 11.8. The first-order valence-corrected chi connectivity index (χ1v) is 5.29. The van der Waals surface area contributed by atoms with Gasteiger partial charge in [-0.2, -0.15) is 8.78 Å². The molecule has 16 heavy (non-hydrogen) atoms. The van der Waals surface area contributed by atoms with Crippen LogP contribution in [-0.2, 0) is 6.54 Å². The molecule has 0 unspecified atom stereocenters. The Kier molecular flexibility index (Phi) is 2.94. The van der Waals surface area contributed by atoms with Crippen LogP contribution in [0.2, 0.25) is 0 Å². The minimum atomic E-state index is -2.55. The van der Waals surface area contributed by atoms with Gasteiger partial charge in [0.15, 0.2) is 0 Å². The van der Waals surface area contributed by atoms with Crippen molar-refractivity contribution in [3.05, 3.63) is 18.2 Å². The molecule has 1 aromatic heterocycles. The minimum Gasteiger partial charge on any atom is -0.387 e. The first kappa shape index (κ1) is 11.5. The standard InChI is InChI=1S/C10H15F2N3O/c1-2-10(16)6-14(7-10)5-8-13-3-4-15(8)9(11)12/h3-4,9,16H,2,5-7H2,1H3. The maximum atomic E-state index is 12.5. The second-order valence-corrected chi connectivity index (χ2v) is 4.25. The van der Waals surface area contributed by atoms with Crippen LogP contribution in [0.4, 0.5) is 8.78 Å². The SMILES string of the molecule is CCC1(O)CN(Cc2nccn2C(F)F)C1. The summed E-state index contributed by atoms with van der Waals surface area (Å²) in [6, 6.07) is 0. The molecule has 1 aromatic rings. The lowest BCUT2D eigenvalue weighted by molar-refractivity contribution is -0.105. The van der Waals surface area contributed by atoms with Gasteiger partial charge in [-0.05, 0) is 6.42 Å². The molecule has 0 saturated carbocycles. The van der Waals surface area contributed by atoms with E-state index in [-0.39, 0.29) is 0 Å². The number of alkyl halides is 2. The van der Waals surface area contributed by atoms with Crippen molar-refractivity contribution in [2.24, 2.45) is 0 Å². The van der Waals surface area contributed by atoms with Crippen LogP contribution in [-0.4, -0.2) is 38.2 Å².